The van der Waals surface area contributed by atoms with Crippen molar-refractivity contribution in [3.05, 3.63) is 121 Å². The molecule has 0 saturated heterocycles. The summed E-state index contributed by atoms with van der Waals surface area (Å²) >= 11 is 12.9. The minimum absolute atomic E-state index is 1.21. The van der Waals surface area contributed by atoms with Gasteiger partial charge in [0.2, 0.25) is 0 Å². The summed E-state index contributed by atoms with van der Waals surface area (Å²) in [6.45, 7) is 0. The Kier molecular flexibility index (Phi) is 7.36. The van der Waals surface area contributed by atoms with Gasteiger partial charge < -0.3 is 0 Å². The maximum Gasteiger partial charge on any atom is 0.0723 e. The zero-order chi connectivity index (χ0) is 20.9. The SMILES string of the molecule is S=P(SSP(=S)(c1ccccc1)c1ccccc1)(c1ccccc1)c1ccccc1. The second-order valence-electron chi connectivity index (χ2n) is 6.59. The molecule has 0 aromatic heterocycles. The van der Waals surface area contributed by atoms with Crippen molar-refractivity contribution in [2.45, 2.75) is 0 Å². The van der Waals surface area contributed by atoms with Crippen LogP contribution in [0.2, 0.25) is 0 Å². The molecular formula is C24H20P2S4. The van der Waals surface area contributed by atoms with Gasteiger partial charge in [0, 0.05) is 0 Å². The van der Waals surface area contributed by atoms with Gasteiger partial charge >= 0.3 is 0 Å². The van der Waals surface area contributed by atoms with Gasteiger partial charge in [-0.1, -0.05) is 145 Å². The van der Waals surface area contributed by atoms with Crippen molar-refractivity contribution in [1.82, 2.24) is 0 Å². The van der Waals surface area contributed by atoms with E-state index in [0.29, 0.717) is 0 Å². The monoisotopic (exact) mass is 498 g/mol. The smallest absolute Gasteiger partial charge is 0.0723 e. The highest BCUT2D eigenvalue weighted by Gasteiger charge is 2.30. The van der Waals surface area contributed by atoms with E-state index in [1.54, 1.807) is 0 Å². The van der Waals surface area contributed by atoms with Gasteiger partial charge in [-0.15, -0.1) is 0 Å². The van der Waals surface area contributed by atoms with Crippen LogP contribution in [0.5, 0.6) is 0 Å². The van der Waals surface area contributed by atoms with Crippen LogP contribution in [0.1, 0.15) is 0 Å². The predicted molar refractivity (Wildman–Crippen MR) is 148 cm³/mol. The summed E-state index contributed by atoms with van der Waals surface area (Å²) in [5.74, 6) is 0. The molecule has 30 heavy (non-hydrogen) atoms. The molecule has 0 amide bonds. The summed E-state index contributed by atoms with van der Waals surface area (Å²) in [5.41, 5.74) is 0. The second kappa shape index (κ2) is 10.0. The topological polar surface area (TPSA) is 0 Å². The van der Waals surface area contributed by atoms with Crippen molar-refractivity contribution in [3.8, 4) is 0 Å². The lowest BCUT2D eigenvalue weighted by Gasteiger charge is -2.27. The molecule has 4 rings (SSSR count). The van der Waals surface area contributed by atoms with E-state index in [4.69, 9.17) is 23.6 Å². The van der Waals surface area contributed by atoms with Crippen LogP contribution in [0, 0.1) is 0 Å². The van der Waals surface area contributed by atoms with E-state index >= 15 is 0 Å². The molecule has 0 nitrogen and oxygen atoms in total. The number of hydrogen-bond donors (Lipinski definition) is 0. The minimum Gasteiger partial charge on any atom is -0.0751 e. The van der Waals surface area contributed by atoms with Crippen LogP contribution in [0.3, 0.4) is 0 Å². The van der Waals surface area contributed by atoms with Gasteiger partial charge in [-0.05, 0) is 42.0 Å². The molecular weight excluding hydrogens is 478 g/mol. The van der Waals surface area contributed by atoms with Gasteiger partial charge in [0.1, 0.15) is 0 Å². The zero-order valence-electron chi connectivity index (χ0n) is 16.1. The van der Waals surface area contributed by atoms with Crippen LogP contribution in [-0.4, -0.2) is 0 Å². The van der Waals surface area contributed by atoms with Crippen LogP contribution in [-0.2, 0) is 23.6 Å². The fourth-order valence-corrected chi connectivity index (χ4v) is 25.2. The van der Waals surface area contributed by atoms with Crippen LogP contribution >= 0.6 is 31.3 Å². The van der Waals surface area contributed by atoms with Crippen LogP contribution < -0.4 is 21.2 Å². The number of rotatable bonds is 7. The molecule has 0 spiro atoms. The van der Waals surface area contributed by atoms with Crippen molar-refractivity contribution in [2.75, 3.05) is 0 Å². The van der Waals surface area contributed by atoms with Crippen LogP contribution in [0.4, 0.5) is 0 Å². The van der Waals surface area contributed by atoms with Gasteiger partial charge in [0.05, 0.1) is 10.5 Å². The highest BCUT2D eigenvalue weighted by Crippen LogP contribution is 2.73. The summed E-state index contributed by atoms with van der Waals surface area (Å²) in [6.07, 6.45) is 0. The molecule has 0 fully saturated rings. The highest BCUT2D eigenvalue weighted by molar-refractivity contribution is 9.21. The molecule has 0 aliphatic rings. The van der Waals surface area contributed by atoms with Gasteiger partial charge in [0.15, 0.2) is 0 Å². The van der Waals surface area contributed by atoms with Gasteiger partial charge in [-0.25, -0.2) is 0 Å². The molecule has 0 unspecified atom stereocenters. The van der Waals surface area contributed by atoms with Crippen molar-refractivity contribution in [2.24, 2.45) is 0 Å². The Morgan fingerprint density at radius 3 is 0.767 bits per heavy atom. The Labute approximate surface area is 196 Å². The molecule has 4 aromatic rings. The molecule has 0 atom stereocenters. The molecule has 4 aromatic carbocycles. The van der Waals surface area contributed by atoms with Crippen molar-refractivity contribution >= 4 is 76.1 Å². The Balaban J connectivity index is 1.78. The highest BCUT2D eigenvalue weighted by atomic mass is 33.5. The lowest BCUT2D eigenvalue weighted by atomic mass is 10.4. The van der Waals surface area contributed by atoms with E-state index in [1.165, 1.54) is 21.2 Å². The maximum absolute atomic E-state index is 6.43. The third-order valence-electron chi connectivity index (χ3n) is 4.63. The Morgan fingerprint density at radius 2 is 0.567 bits per heavy atom. The van der Waals surface area contributed by atoms with E-state index in [2.05, 4.69) is 97.1 Å². The zero-order valence-corrected chi connectivity index (χ0v) is 21.1. The van der Waals surface area contributed by atoms with Crippen LogP contribution in [0.25, 0.3) is 0 Å². The first-order valence-corrected chi connectivity index (χ1v) is 18.4. The molecule has 0 N–H and O–H groups in total. The van der Waals surface area contributed by atoms with Crippen molar-refractivity contribution in [3.63, 3.8) is 0 Å². The summed E-state index contributed by atoms with van der Waals surface area (Å²) in [7, 11) is 3.63. The average Bonchev–Trinajstić information content (AvgIpc) is 2.84. The summed E-state index contributed by atoms with van der Waals surface area (Å²) in [6, 6.07) is 42.1. The van der Waals surface area contributed by atoms with E-state index in [-0.39, 0.29) is 0 Å². The van der Waals surface area contributed by atoms with Gasteiger partial charge in [-0.3, -0.25) is 0 Å². The summed E-state index contributed by atoms with van der Waals surface area (Å²) in [4.78, 5) is 0. The fraction of sp³-hybridized carbons (Fsp3) is 0. The Morgan fingerprint density at radius 1 is 0.367 bits per heavy atom. The second-order valence-corrected chi connectivity index (χ2v) is 22.7. The van der Waals surface area contributed by atoms with E-state index in [1.807, 2.05) is 45.1 Å². The van der Waals surface area contributed by atoms with E-state index in [9.17, 15) is 0 Å². The van der Waals surface area contributed by atoms with Gasteiger partial charge in [0.25, 0.3) is 0 Å². The molecule has 6 heteroatoms. The molecule has 0 radical (unpaired) electrons. The van der Waals surface area contributed by atoms with E-state index < -0.39 is 10.5 Å². The van der Waals surface area contributed by atoms with E-state index in [0.717, 1.165) is 0 Å². The largest absolute Gasteiger partial charge is 0.0751 e. The third kappa shape index (κ3) is 4.70. The first-order valence-electron chi connectivity index (χ1n) is 9.43. The molecule has 0 heterocycles. The first-order chi connectivity index (χ1) is 14.6. The standard InChI is InChI=1S/C24H20P2S4/c27-25(21-13-5-1-6-14-21,22-15-7-2-8-16-22)29-30-26(28,23-17-9-3-10-18-23)24-19-11-4-12-20-24/h1-20H. The summed E-state index contributed by atoms with van der Waals surface area (Å²) in [5, 5.41) is 0.682. The lowest BCUT2D eigenvalue weighted by Crippen LogP contribution is -2.14. The minimum atomic E-state index is -2.09. The van der Waals surface area contributed by atoms with Crippen LogP contribution in [0.15, 0.2) is 121 Å². The molecule has 0 bridgehead atoms. The summed E-state index contributed by atoms with van der Waals surface area (Å²) < 4.78 is 0. The number of benzene rings is 4. The number of hydrogen-bond acceptors (Lipinski definition) is 4. The quantitative estimate of drug-likeness (QED) is 0.212. The fourth-order valence-electron chi connectivity index (χ4n) is 3.06. The first kappa shape index (κ1) is 22.1. The molecule has 0 aliphatic heterocycles. The molecule has 0 aliphatic carbocycles. The Hall–Kier alpha value is -1.12. The third-order valence-corrected chi connectivity index (χ3v) is 25.0. The molecule has 0 saturated carbocycles. The predicted octanol–water partition coefficient (Wildman–Crippen LogP) is 6.46. The Bertz CT molecular complexity index is 997. The van der Waals surface area contributed by atoms with Crippen molar-refractivity contribution in [1.29, 1.82) is 0 Å². The van der Waals surface area contributed by atoms with Crippen molar-refractivity contribution < 1.29 is 0 Å². The lowest BCUT2D eigenvalue weighted by molar-refractivity contribution is 1.76. The van der Waals surface area contributed by atoms with Gasteiger partial charge in [-0.2, -0.15) is 0 Å². The normalized spacial score (nSPS) is 11.9. The maximum atomic E-state index is 6.43. The molecule has 150 valence electrons. The average molecular weight is 499 g/mol.